The number of hydrogen-bond acceptors (Lipinski definition) is 3. The number of sulfonamides is 1. The maximum absolute atomic E-state index is 11.9. The van der Waals surface area contributed by atoms with Crippen LogP contribution in [-0.4, -0.2) is 27.2 Å². The van der Waals surface area contributed by atoms with Gasteiger partial charge in [0, 0.05) is 12.4 Å². The van der Waals surface area contributed by atoms with Gasteiger partial charge in [0.1, 0.15) is 5.75 Å². The van der Waals surface area contributed by atoms with E-state index in [2.05, 4.69) is 9.46 Å². The molecule has 0 saturated carbocycles. The van der Waals surface area contributed by atoms with Crippen LogP contribution >= 0.6 is 11.6 Å². The number of rotatable bonds is 5. The molecule has 18 heavy (non-hydrogen) atoms. The Kier molecular flexibility index (Phi) is 4.83. The van der Waals surface area contributed by atoms with E-state index in [0.29, 0.717) is 0 Å². The first-order valence-corrected chi connectivity index (χ1v) is 6.68. The molecule has 0 heterocycles. The summed E-state index contributed by atoms with van der Waals surface area (Å²) in [4.78, 5) is -0.165. The molecule has 9 heteroatoms. The van der Waals surface area contributed by atoms with Crippen LogP contribution in [0.25, 0.3) is 0 Å². The van der Waals surface area contributed by atoms with Crippen LogP contribution in [0.1, 0.15) is 0 Å². The number of ether oxygens (including phenoxy) is 1. The molecule has 0 saturated heterocycles. The Labute approximate surface area is 107 Å². The zero-order valence-corrected chi connectivity index (χ0v) is 10.4. The molecule has 0 aliphatic heterocycles. The Balaban J connectivity index is 2.83. The topological polar surface area (TPSA) is 55.4 Å². The van der Waals surface area contributed by atoms with Crippen molar-refractivity contribution in [2.75, 3.05) is 12.4 Å². The maximum atomic E-state index is 11.9. The highest BCUT2D eigenvalue weighted by Crippen LogP contribution is 2.23. The van der Waals surface area contributed by atoms with Crippen LogP contribution in [0.3, 0.4) is 0 Å². The van der Waals surface area contributed by atoms with Crippen molar-refractivity contribution in [2.45, 2.75) is 11.3 Å². The monoisotopic (exact) mass is 303 g/mol. The molecule has 0 aliphatic rings. The molecule has 102 valence electrons. The molecule has 1 rings (SSSR count). The molecule has 0 amide bonds. The van der Waals surface area contributed by atoms with Crippen molar-refractivity contribution in [3.8, 4) is 5.75 Å². The van der Waals surface area contributed by atoms with E-state index < -0.39 is 22.1 Å². The third-order valence-electron chi connectivity index (χ3n) is 1.75. The number of hydrogen-bond donors (Lipinski definition) is 1. The van der Waals surface area contributed by atoms with Crippen LogP contribution in [0.15, 0.2) is 29.2 Å². The summed E-state index contributed by atoms with van der Waals surface area (Å²) < 4.78 is 64.5. The lowest BCUT2D eigenvalue weighted by atomic mass is 10.3. The fraction of sp³-hybridized carbons (Fsp3) is 0.333. The highest BCUT2D eigenvalue weighted by atomic mass is 35.5. The zero-order chi connectivity index (χ0) is 13.8. The summed E-state index contributed by atoms with van der Waals surface area (Å²) in [5.74, 6) is -0.395. The second-order valence-corrected chi connectivity index (χ2v) is 5.25. The van der Waals surface area contributed by atoms with E-state index in [1.807, 2.05) is 0 Å². The van der Waals surface area contributed by atoms with Crippen molar-refractivity contribution < 1.29 is 26.3 Å². The predicted octanol–water partition coefficient (Wildman–Crippen LogP) is 2.10. The van der Waals surface area contributed by atoms with Gasteiger partial charge in [-0.05, 0) is 24.3 Å². The lowest BCUT2D eigenvalue weighted by molar-refractivity contribution is -0.274. The second-order valence-electron chi connectivity index (χ2n) is 3.11. The molecule has 1 aromatic carbocycles. The molecular formula is C9H9ClF3NO3S. The number of nitrogens with one attached hydrogen (secondary N) is 1. The molecule has 0 bridgehead atoms. The molecule has 0 aliphatic carbocycles. The summed E-state index contributed by atoms with van der Waals surface area (Å²) in [6, 6.07) is 3.86. The molecule has 0 aromatic heterocycles. The lowest BCUT2D eigenvalue weighted by Gasteiger charge is -2.09. The van der Waals surface area contributed by atoms with Crippen molar-refractivity contribution in [1.29, 1.82) is 0 Å². The molecule has 0 radical (unpaired) electrons. The zero-order valence-electron chi connectivity index (χ0n) is 8.87. The fourth-order valence-electron chi connectivity index (χ4n) is 1.08. The van der Waals surface area contributed by atoms with Gasteiger partial charge in [0.2, 0.25) is 10.0 Å². The van der Waals surface area contributed by atoms with Gasteiger partial charge in [0.15, 0.2) is 0 Å². The Morgan fingerprint density at radius 3 is 2.22 bits per heavy atom. The molecule has 0 unspecified atom stereocenters. The predicted molar refractivity (Wildman–Crippen MR) is 59.0 cm³/mol. The van der Waals surface area contributed by atoms with Gasteiger partial charge in [-0.1, -0.05) is 0 Å². The average Bonchev–Trinajstić information content (AvgIpc) is 2.25. The SMILES string of the molecule is O=S(=O)(NCCCl)c1ccc(OC(F)(F)F)cc1. The molecule has 0 fully saturated rings. The summed E-state index contributed by atoms with van der Waals surface area (Å²) in [7, 11) is -3.75. The summed E-state index contributed by atoms with van der Waals surface area (Å²) >= 11 is 5.32. The van der Waals surface area contributed by atoms with Crippen molar-refractivity contribution in [2.24, 2.45) is 0 Å². The largest absolute Gasteiger partial charge is 0.573 e. The number of halogens is 4. The second kappa shape index (κ2) is 5.77. The molecule has 0 atom stereocenters. The van der Waals surface area contributed by atoms with Crippen LogP contribution in [0.5, 0.6) is 5.75 Å². The van der Waals surface area contributed by atoms with Gasteiger partial charge >= 0.3 is 6.36 Å². The highest BCUT2D eigenvalue weighted by Gasteiger charge is 2.31. The first-order chi connectivity index (χ1) is 8.24. The van der Waals surface area contributed by atoms with E-state index in [4.69, 9.17) is 11.6 Å². The van der Waals surface area contributed by atoms with Gasteiger partial charge in [-0.25, -0.2) is 13.1 Å². The summed E-state index contributed by atoms with van der Waals surface area (Å²) in [6.07, 6.45) is -4.81. The van der Waals surface area contributed by atoms with Gasteiger partial charge in [-0.2, -0.15) is 0 Å². The first-order valence-electron chi connectivity index (χ1n) is 4.66. The molecule has 4 nitrogen and oxygen atoms in total. The minimum Gasteiger partial charge on any atom is -0.406 e. The normalized spacial score (nSPS) is 12.4. The quantitative estimate of drug-likeness (QED) is 0.848. The fourth-order valence-corrected chi connectivity index (χ4v) is 2.32. The van der Waals surface area contributed by atoms with Crippen LogP contribution in [0, 0.1) is 0 Å². The molecule has 1 aromatic rings. The summed E-state index contributed by atoms with van der Waals surface area (Å²) in [6.45, 7) is 0.0324. The third-order valence-corrected chi connectivity index (χ3v) is 3.42. The van der Waals surface area contributed by atoms with Crippen LogP contribution < -0.4 is 9.46 Å². The third kappa shape index (κ3) is 4.71. The Hall–Kier alpha value is -0.990. The van der Waals surface area contributed by atoms with Crippen molar-refractivity contribution in [1.82, 2.24) is 4.72 Å². The Morgan fingerprint density at radius 2 is 1.78 bits per heavy atom. The molecule has 0 spiro atoms. The van der Waals surface area contributed by atoms with E-state index in [9.17, 15) is 21.6 Å². The van der Waals surface area contributed by atoms with Crippen LogP contribution in [-0.2, 0) is 10.0 Å². The van der Waals surface area contributed by atoms with Crippen LogP contribution in [0.2, 0.25) is 0 Å². The summed E-state index contributed by atoms with van der Waals surface area (Å²) in [5.41, 5.74) is 0. The maximum Gasteiger partial charge on any atom is 0.573 e. The Bertz CT molecular complexity index is 487. The van der Waals surface area contributed by atoms with Gasteiger partial charge in [0.05, 0.1) is 4.90 Å². The first kappa shape index (κ1) is 15.1. The average molecular weight is 304 g/mol. The standard InChI is InChI=1S/C9H9ClF3NO3S/c10-5-6-14-18(15,16)8-3-1-7(2-4-8)17-9(11,12)13/h1-4,14H,5-6H2. The molecule has 1 N–H and O–H groups in total. The van der Waals surface area contributed by atoms with Crippen molar-refractivity contribution in [3.63, 3.8) is 0 Å². The minimum atomic E-state index is -4.81. The lowest BCUT2D eigenvalue weighted by Crippen LogP contribution is -2.25. The number of alkyl halides is 4. The highest BCUT2D eigenvalue weighted by molar-refractivity contribution is 7.89. The van der Waals surface area contributed by atoms with Gasteiger partial charge in [0.25, 0.3) is 0 Å². The van der Waals surface area contributed by atoms with E-state index in [0.717, 1.165) is 24.3 Å². The summed E-state index contributed by atoms with van der Waals surface area (Å²) in [5, 5.41) is 0. The smallest absolute Gasteiger partial charge is 0.406 e. The minimum absolute atomic E-state index is 0.0324. The van der Waals surface area contributed by atoms with E-state index in [1.165, 1.54) is 0 Å². The van der Waals surface area contributed by atoms with Crippen molar-refractivity contribution >= 4 is 21.6 Å². The van der Waals surface area contributed by atoms with Gasteiger partial charge in [-0.3, -0.25) is 0 Å². The van der Waals surface area contributed by atoms with E-state index in [1.54, 1.807) is 0 Å². The van der Waals surface area contributed by atoms with Gasteiger partial charge < -0.3 is 4.74 Å². The Morgan fingerprint density at radius 1 is 1.22 bits per heavy atom. The van der Waals surface area contributed by atoms with Crippen molar-refractivity contribution in [3.05, 3.63) is 24.3 Å². The molecular weight excluding hydrogens is 295 g/mol. The van der Waals surface area contributed by atoms with E-state index in [-0.39, 0.29) is 17.3 Å². The van der Waals surface area contributed by atoms with Crippen LogP contribution in [0.4, 0.5) is 13.2 Å². The number of benzene rings is 1. The van der Waals surface area contributed by atoms with E-state index >= 15 is 0 Å². The van der Waals surface area contributed by atoms with Gasteiger partial charge in [-0.15, -0.1) is 24.8 Å².